The molecule has 0 N–H and O–H groups in total. The standard InChI is InChI=1S/C16H24FNO2/c1-19-11-6-12-20-15-8-5-7-14(16(15)17)13-18-9-3-2-4-10-18/h5,7-8H,2-4,6,9-13H2,1H3. The van der Waals surface area contributed by atoms with Crippen molar-refractivity contribution in [1.29, 1.82) is 0 Å². The Morgan fingerprint density at radius 2 is 1.95 bits per heavy atom. The molecular formula is C16H24FNO2. The maximum atomic E-state index is 14.4. The fourth-order valence-corrected chi connectivity index (χ4v) is 2.53. The van der Waals surface area contributed by atoms with Crippen LogP contribution in [0.4, 0.5) is 4.39 Å². The molecule has 1 aromatic rings. The molecule has 0 bridgehead atoms. The third kappa shape index (κ3) is 4.46. The molecular weight excluding hydrogens is 257 g/mol. The van der Waals surface area contributed by atoms with Crippen molar-refractivity contribution >= 4 is 0 Å². The van der Waals surface area contributed by atoms with Crippen molar-refractivity contribution in [3.63, 3.8) is 0 Å². The van der Waals surface area contributed by atoms with Crippen LogP contribution in [0.15, 0.2) is 18.2 Å². The van der Waals surface area contributed by atoms with Crippen LogP contribution >= 0.6 is 0 Å². The van der Waals surface area contributed by atoms with E-state index in [1.165, 1.54) is 19.3 Å². The summed E-state index contributed by atoms with van der Waals surface area (Å²) in [6.45, 7) is 3.94. The van der Waals surface area contributed by atoms with Gasteiger partial charge in [-0.1, -0.05) is 18.6 Å². The average Bonchev–Trinajstić information content (AvgIpc) is 2.48. The maximum absolute atomic E-state index is 14.4. The summed E-state index contributed by atoms with van der Waals surface area (Å²) in [7, 11) is 1.65. The van der Waals surface area contributed by atoms with Gasteiger partial charge in [-0.05, 0) is 32.0 Å². The lowest BCUT2D eigenvalue weighted by atomic mass is 10.1. The molecule has 0 atom stereocenters. The van der Waals surface area contributed by atoms with Crippen molar-refractivity contribution in [2.45, 2.75) is 32.2 Å². The van der Waals surface area contributed by atoms with Gasteiger partial charge in [0.1, 0.15) is 0 Å². The highest BCUT2D eigenvalue weighted by molar-refractivity contribution is 5.31. The second kappa shape index (κ2) is 8.22. The predicted molar refractivity (Wildman–Crippen MR) is 77.5 cm³/mol. The molecule has 112 valence electrons. The Kier molecular flexibility index (Phi) is 6.27. The lowest BCUT2D eigenvalue weighted by molar-refractivity contribution is 0.170. The van der Waals surface area contributed by atoms with E-state index < -0.39 is 0 Å². The molecule has 0 radical (unpaired) electrons. The molecule has 1 fully saturated rings. The lowest BCUT2D eigenvalue weighted by Crippen LogP contribution is -2.29. The van der Waals surface area contributed by atoms with Gasteiger partial charge in [-0.25, -0.2) is 4.39 Å². The SMILES string of the molecule is COCCCOc1cccc(CN2CCCCC2)c1F. The molecule has 1 aromatic carbocycles. The van der Waals surface area contributed by atoms with Crippen LogP contribution in [-0.4, -0.2) is 38.3 Å². The van der Waals surface area contributed by atoms with Crippen LogP contribution in [0.5, 0.6) is 5.75 Å². The van der Waals surface area contributed by atoms with E-state index in [1.54, 1.807) is 13.2 Å². The Hall–Kier alpha value is -1.13. The van der Waals surface area contributed by atoms with Gasteiger partial charge in [0.05, 0.1) is 6.61 Å². The number of likely N-dealkylation sites (tertiary alicyclic amines) is 1. The van der Waals surface area contributed by atoms with Crippen molar-refractivity contribution in [3.05, 3.63) is 29.6 Å². The third-order valence-corrected chi connectivity index (χ3v) is 3.64. The topological polar surface area (TPSA) is 21.7 Å². The number of rotatable bonds is 7. The van der Waals surface area contributed by atoms with E-state index in [2.05, 4.69) is 4.90 Å². The van der Waals surface area contributed by atoms with E-state index in [0.29, 0.717) is 25.5 Å². The van der Waals surface area contributed by atoms with Crippen LogP contribution in [0.3, 0.4) is 0 Å². The first kappa shape index (κ1) is 15.3. The highest BCUT2D eigenvalue weighted by Crippen LogP contribution is 2.23. The second-order valence-electron chi connectivity index (χ2n) is 5.26. The number of ether oxygens (including phenoxy) is 2. The van der Waals surface area contributed by atoms with Crippen molar-refractivity contribution in [3.8, 4) is 5.75 Å². The largest absolute Gasteiger partial charge is 0.490 e. The Labute approximate surface area is 120 Å². The molecule has 2 rings (SSSR count). The van der Waals surface area contributed by atoms with Gasteiger partial charge in [0.2, 0.25) is 0 Å². The number of benzene rings is 1. The Morgan fingerprint density at radius 1 is 1.15 bits per heavy atom. The highest BCUT2D eigenvalue weighted by Gasteiger charge is 2.15. The fourth-order valence-electron chi connectivity index (χ4n) is 2.53. The summed E-state index contributed by atoms with van der Waals surface area (Å²) in [5, 5.41) is 0. The van der Waals surface area contributed by atoms with Crippen LogP contribution < -0.4 is 4.74 Å². The summed E-state index contributed by atoms with van der Waals surface area (Å²) in [5.74, 6) is 0.145. The van der Waals surface area contributed by atoms with Crippen LogP contribution in [0, 0.1) is 5.82 Å². The van der Waals surface area contributed by atoms with Crippen LogP contribution in [0.25, 0.3) is 0 Å². The van der Waals surface area contributed by atoms with Crippen molar-refractivity contribution in [2.75, 3.05) is 33.4 Å². The third-order valence-electron chi connectivity index (χ3n) is 3.64. The van der Waals surface area contributed by atoms with Crippen molar-refractivity contribution in [2.24, 2.45) is 0 Å². The number of halogens is 1. The van der Waals surface area contributed by atoms with E-state index in [-0.39, 0.29) is 5.82 Å². The van der Waals surface area contributed by atoms with Gasteiger partial charge in [-0.15, -0.1) is 0 Å². The van der Waals surface area contributed by atoms with Crippen LogP contribution in [-0.2, 0) is 11.3 Å². The normalized spacial score (nSPS) is 16.3. The zero-order valence-electron chi connectivity index (χ0n) is 12.2. The summed E-state index contributed by atoms with van der Waals surface area (Å²) in [6.07, 6.45) is 4.50. The first-order valence-corrected chi connectivity index (χ1v) is 7.42. The van der Waals surface area contributed by atoms with Crippen molar-refractivity contribution < 1.29 is 13.9 Å². The Balaban J connectivity index is 1.91. The van der Waals surface area contributed by atoms with E-state index in [4.69, 9.17) is 9.47 Å². The molecule has 3 nitrogen and oxygen atoms in total. The highest BCUT2D eigenvalue weighted by atomic mass is 19.1. The molecule has 0 spiro atoms. The van der Waals surface area contributed by atoms with Gasteiger partial charge in [0.25, 0.3) is 0 Å². The average molecular weight is 281 g/mol. The molecule has 1 aliphatic rings. The molecule has 0 aliphatic carbocycles. The van der Waals surface area contributed by atoms with Gasteiger partial charge in [-0.3, -0.25) is 4.90 Å². The molecule has 1 saturated heterocycles. The van der Waals surface area contributed by atoms with Gasteiger partial charge < -0.3 is 9.47 Å². The summed E-state index contributed by atoms with van der Waals surface area (Å²) in [4.78, 5) is 2.32. The van der Waals surface area contributed by atoms with E-state index in [9.17, 15) is 4.39 Å². The van der Waals surface area contributed by atoms with E-state index >= 15 is 0 Å². The molecule has 20 heavy (non-hydrogen) atoms. The summed E-state index contributed by atoms with van der Waals surface area (Å²) in [6, 6.07) is 5.42. The van der Waals surface area contributed by atoms with Crippen LogP contribution in [0.2, 0.25) is 0 Å². The minimum Gasteiger partial charge on any atom is -0.490 e. The Bertz CT molecular complexity index is 405. The molecule has 0 unspecified atom stereocenters. The monoisotopic (exact) mass is 281 g/mol. The summed E-state index contributed by atoms with van der Waals surface area (Å²) < 4.78 is 24.8. The number of hydrogen-bond acceptors (Lipinski definition) is 3. The minimum absolute atomic E-state index is 0.213. The molecule has 4 heteroatoms. The van der Waals surface area contributed by atoms with Crippen LogP contribution in [0.1, 0.15) is 31.2 Å². The number of methoxy groups -OCH3 is 1. The van der Waals surface area contributed by atoms with Gasteiger partial charge in [0.15, 0.2) is 11.6 Å². The fraction of sp³-hybridized carbons (Fsp3) is 0.625. The molecule has 0 saturated carbocycles. The van der Waals surface area contributed by atoms with Gasteiger partial charge in [0, 0.05) is 32.2 Å². The second-order valence-corrected chi connectivity index (χ2v) is 5.26. The minimum atomic E-state index is -0.213. The van der Waals surface area contributed by atoms with Gasteiger partial charge >= 0.3 is 0 Å². The lowest BCUT2D eigenvalue weighted by Gasteiger charge is -2.26. The molecule has 0 amide bonds. The summed E-state index contributed by atoms with van der Waals surface area (Å²) >= 11 is 0. The molecule has 0 aromatic heterocycles. The zero-order chi connectivity index (χ0) is 14.2. The summed E-state index contributed by atoms with van der Waals surface area (Å²) in [5.41, 5.74) is 0.733. The molecule has 1 heterocycles. The molecule has 1 aliphatic heterocycles. The van der Waals surface area contributed by atoms with E-state index in [0.717, 1.165) is 25.1 Å². The predicted octanol–water partition coefficient (Wildman–Crippen LogP) is 3.23. The van der Waals surface area contributed by atoms with E-state index in [1.807, 2.05) is 12.1 Å². The smallest absolute Gasteiger partial charge is 0.169 e. The van der Waals surface area contributed by atoms with Crippen molar-refractivity contribution in [1.82, 2.24) is 4.90 Å². The first-order valence-electron chi connectivity index (χ1n) is 7.42. The number of piperidine rings is 1. The maximum Gasteiger partial charge on any atom is 0.169 e. The Morgan fingerprint density at radius 3 is 2.70 bits per heavy atom. The number of nitrogens with zero attached hydrogens (tertiary/aromatic N) is 1. The van der Waals surface area contributed by atoms with Gasteiger partial charge in [-0.2, -0.15) is 0 Å². The quantitative estimate of drug-likeness (QED) is 0.716. The zero-order valence-corrected chi connectivity index (χ0v) is 12.2. The number of hydrogen-bond donors (Lipinski definition) is 0. The first-order chi connectivity index (χ1) is 9.81.